The highest BCUT2D eigenvalue weighted by molar-refractivity contribution is 5.94. The van der Waals surface area contributed by atoms with Crippen LogP contribution in [0.4, 0.5) is 0 Å². The molecule has 3 fully saturated rings. The Morgan fingerprint density at radius 2 is 1.87 bits per heavy atom. The first-order valence-electron chi connectivity index (χ1n) is 11.4. The van der Waals surface area contributed by atoms with Crippen LogP contribution < -0.4 is 0 Å². The number of piperidine rings is 3. The predicted molar refractivity (Wildman–Crippen MR) is 119 cm³/mol. The number of carbonyl (C=O) groups excluding carboxylic acids is 2. The molecular formula is C26H30N2O3. The number of aromatic hydroxyl groups is 1. The lowest BCUT2D eigenvalue weighted by Crippen LogP contribution is -2.66. The van der Waals surface area contributed by atoms with E-state index >= 15 is 0 Å². The van der Waals surface area contributed by atoms with Crippen LogP contribution in [0.2, 0.25) is 0 Å². The molecule has 0 aromatic heterocycles. The van der Waals surface area contributed by atoms with E-state index in [9.17, 15) is 14.7 Å². The average molecular weight is 419 g/mol. The van der Waals surface area contributed by atoms with Crippen LogP contribution in [-0.2, 0) is 11.2 Å². The Kier molecular flexibility index (Phi) is 5.20. The van der Waals surface area contributed by atoms with Crippen LogP contribution in [0.3, 0.4) is 0 Å². The first-order chi connectivity index (χ1) is 15.0. The van der Waals surface area contributed by atoms with Gasteiger partial charge < -0.3 is 14.9 Å². The molecule has 0 spiro atoms. The second-order valence-electron chi connectivity index (χ2n) is 9.48. The van der Waals surface area contributed by atoms with Gasteiger partial charge in [0.15, 0.2) is 0 Å². The number of hydrogen-bond acceptors (Lipinski definition) is 3. The summed E-state index contributed by atoms with van der Waals surface area (Å²) in [5.41, 5.74) is 2.60. The van der Waals surface area contributed by atoms with Gasteiger partial charge in [-0.1, -0.05) is 30.3 Å². The van der Waals surface area contributed by atoms with E-state index in [1.807, 2.05) is 17.9 Å². The van der Waals surface area contributed by atoms with Gasteiger partial charge in [-0.2, -0.15) is 0 Å². The molecule has 162 valence electrons. The maximum atomic E-state index is 13.3. The molecule has 0 saturated carbocycles. The van der Waals surface area contributed by atoms with Crippen molar-refractivity contribution in [3.05, 3.63) is 65.2 Å². The second kappa shape index (κ2) is 8.03. The number of hydrogen-bond donors (Lipinski definition) is 1. The van der Waals surface area contributed by atoms with Crippen molar-refractivity contribution < 1.29 is 14.7 Å². The van der Waals surface area contributed by atoms with Gasteiger partial charge in [0.25, 0.3) is 5.91 Å². The zero-order valence-corrected chi connectivity index (χ0v) is 18.0. The third-order valence-electron chi connectivity index (χ3n) is 7.52. The fourth-order valence-corrected chi connectivity index (χ4v) is 6.03. The molecule has 2 aromatic rings. The Balaban J connectivity index is 1.44. The topological polar surface area (TPSA) is 60.9 Å². The molecule has 0 unspecified atom stereocenters. The fraction of sp³-hybridized carbons (Fsp3) is 0.462. The van der Waals surface area contributed by atoms with Gasteiger partial charge in [-0.05, 0) is 73.8 Å². The minimum Gasteiger partial charge on any atom is -0.508 e. The highest BCUT2D eigenvalue weighted by Crippen LogP contribution is 2.43. The molecule has 5 nitrogen and oxygen atoms in total. The number of aryl methyl sites for hydroxylation is 1. The largest absolute Gasteiger partial charge is 0.508 e. The lowest BCUT2D eigenvalue weighted by molar-refractivity contribution is -0.151. The maximum absolute atomic E-state index is 13.3. The molecular weight excluding hydrogens is 388 g/mol. The highest BCUT2D eigenvalue weighted by Gasteiger charge is 2.49. The normalized spacial score (nSPS) is 27.7. The number of carbonyl (C=O) groups is 2. The van der Waals surface area contributed by atoms with E-state index < -0.39 is 0 Å². The highest BCUT2D eigenvalue weighted by atomic mass is 16.3. The molecule has 3 heterocycles. The zero-order chi connectivity index (χ0) is 21.5. The van der Waals surface area contributed by atoms with E-state index in [1.54, 1.807) is 18.2 Å². The second-order valence-corrected chi connectivity index (χ2v) is 9.48. The summed E-state index contributed by atoms with van der Waals surface area (Å²) >= 11 is 0. The van der Waals surface area contributed by atoms with Crippen molar-refractivity contribution in [2.45, 2.75) is 51.1 Å². The quantitative estimate of drug-likeness (QED) is 0.825. The van der Waals surface area contributed by atoms with Crippen LogP contribution in [0.25, 0.3) is 0 Å². The smallest absolute Gasteiger partial charge is 0.253 e. The molecule has 5 heteroatoms. The maximum Gasteiger partial charge on any atom is 0.253 e. The van der Waals surface area contributed by atoms with Crippen LogP contribution in [0.1, 0.15) is 47.2 Å². The number of amides is 2. The SMILES string of the molecule is Cc1cc(C(=O)N2C[C@H]3C[C@@H](C2)[C@H](Cc2ccccc2)N2C(=O)CCC[C@@H]32)ccc1O. The molecule has 3 saturated heterocycles. The van der Waals surface area contributed by atoms with Crippen LogP contribution in [0.15, 0.2) is 48.5 Å². The molecule has 0 aliphatic carbocycles. The zero-order valence-electron chi connectivity index (χ0n) is 18.0. The lowest BCUT2D eigenvalue weighted by Gasteiger charge is -2.56. The Bertz CT molecular complexity index is 989. The molecule has 1 N–H and O–H groups in total. The number of phenolic OH excluding ortho intramolecular Hbond substituents is 1. The summed E-state index contributed by atoms with van der Waals surface area (Å²) in [5.74, 6) is 1.18. The van der Waals surface area contributed by atoms with Gasteiger partial charge in [-0.3, -0.25) is 9.59 Å². The molecule has 2 amide bonds. The molecule has 0 radical (unpaired) electrons. The monoisotopic (exact) mass is 418 g/mol. The van der Waals surface area contributed by atoms with E-state index in [0.29, 0.717) is 48.4 Å². The van der Waals surface area contributed by atoms with Crippen molar-refractivity contribution in [2.75, 3.05) is 13.1 Å². The van der Waals surface area contributed by atoms with Crippen LogP contribution >= 0.6 is 0 Å². The summed E-state index contributed by atoms with van der Waals surface area (Å²) in [6, 6.07) is 15.9. The van der Waals surface area contributed by atoms with Crippen molar-refractivity contribution in [2.24, 2.45) is 11.8 Å². The predicted octanol–water partition coefficient (Wildman–Crippen LogP) is 3.78. The van der Waals surface area contributed by atoms with Crippen LogP contribution in [0, 0.1) is 18.8 Å². The van der Waals surface area contributed by atoms with Crippen molar-refractivity contribution in [3.63, 3.8) is 0 Å². The van der Waals surface area contributed by atoms with Gasteiger partial charge in [-0.15, -0.1) is 0 Å². The number of rotatable bonds is 3. The summed E-state index contributed by atoms with van der Waals surface area (Å²) in [6.07, 6.45) is 4.57. The summed E-state index contributed by atoms with van der Waals surface area (Å²) < 4.78 is 0. The summed E-state index contributed by atoms with van der Waals surface area (Å²) in [7, 11) is 0. The molecule has 4 atom stereocenters. The first kappa shape index (κ1) is 20.1. The third kappa shape index (κ3) is 3.71. The molecule has 5 rings (SSSR count). The minimum absolute atomic E-state index is 0.0341. The van der Waals surface area contributed by atoms with Gasteiger partial charge in [0, 0.05) is 37.2 Å². The van der Waals surface area contributed by atoms with Gasteiger partial charge in [-0.25, -0.2) is 0 Å². The van der Waals surface area contributed by atoms with Crippen LogP contribution in [0.5, 0.6) is 5.75 Å². The van der Waals surface area contributed by atoms with Gasteiger partial charge >= 0.3 is 0 Å². The van der Waals surface area contributed by atoms with Crippen molar-refractivity contribution >= 4 is 11.8 Å². The molecule has 2 aromatic carbocycles. The standard InChI is InChI=1S/C26H30N2O3/c1-17-12-19(10-11-24(17)29)26(31)27-15-20-14-21(16-27)23(13-18-6-3-2-4-7-18)28-22(20)8-5-9-25(28)30/h2-4,6-7,10-12,20-23,29H,5,8-9,13-16H2,1H3/t20-,21+,22+,23+/m1/s1. The molecule has 3 aliphatic heterocycles. The van der Waals surface area contributed by atoms with Gasteiger partial charge in [0.2, 0.25) is 5.91 Å². The Morgan fingerprint density at radius 3 is 2.65 bits per heavy atom. The Labute approximate surface area is 183 Å². The van der Waals surface area contributed by atoms with Crippen molar-refractivity contribution in [1.82, 2.24) is 9.80 Å². The number of fused-ring (bicyclic) bond motifs is 4. The van der Waals surface area contributed by atoms with E-state index in [-0.39, 0.29) is 23.7 Å². The van der Waals surface area contributed by atoms with E-state index in [1.165, 1.54) is 5.56 Å². The number of likely N-dealkylation sites (tertiary alicyclic amines) is 1. The summed E-state index contributed by atoms with van der Waals surface area (Å²) in [6.45, 7) is 3.21. The Morgan fingerprint density at radius 1 is 1.10 bits per heavy atom. The van der Waals surface area contributed by atoms with Gasteiger partial charge in [0.05, 0.1) is 0 Å². The fourth-order valence-electron chi connectivity index (χ4n) is 6.03. The lowest BCUT2D eigenvalue weighted by atomic mass is 9.70. The first-order valence-corrected chi connectivity index (χ1v) is 11.4. The third-order valence-corrected chi connectivity index (χ3v) is 7.52. The van der Waals surface area contributed by atoms with Gasteiger partial charge in [0.1, 0.15) is 5.75 Å². The van der Waals surface area contributed by atoms with E-state index in [2.05, 4.69) is 29.2 Å². The van der Waals surface area contributed by atoms with E-state index in [4.69, 9.17) is 0 Å². The van der Waals surface area contributed by atoms with Crippen molar-refractivity contribution in [3.8, 4) is 5.75 Å². The minimum atomic E-state index is 0.0341. The Hall–Kier alpha value is -2.82. The molecule has 2 bridgehead atoms. The summed E-state index contributed by atoms with van der Waals surface area (Å²) in [5, 5.41) is 9.83. The number of nitrogens with zero attached hydrogens (tertiary/aromatic N) is 2. The molecule has 31 heavy (non-hydrogen) atoms. The number of benzene rings is 2. The van der Waals surface area contributed by atoms with E-state index in [0.717, 1.165) is 25.7 Å². The van der Waals surface area contributed by atoms with Crippen LogP contribution in [-0.4, -0.2) is 51.9 Å². The molecule has 3 aliphatic rings. The summed E-state index contributed by atoms with van der Waals surface area (Å²) in [4.78, 5) is 30.5. The number of phenols is 1. The van der Waals surface area contributed by atoms with Crippen molar-refractivity contribution in [1.29, 1.82) is 0 Å². The average Bonchev–Trinajstić information content (AvgIpc) is 2.78.